The second-order valence-electron chi connectivity index (χ2n) is 7.11. The highest BCUT2D eigenvalue weighted by Gasteiger charge is 2.54. The minimum absolute atomic E-state index is 0.0263. The number of para-hydroxylation sites is 2. The third-order valence-corrected chi connectivity index (χ3v) is 5.44. The van der Waals surface area contributed by atoms with Gasteiger partial charge >= 0.3 is 6.03 Å². The highest BCUT2D eigenvalue weighted by atomic mass is 16.5. The van der Waals surface area contributed by atoms with Gasteiger partial charge in [-0.15, -0.1) is 0 Å². The summed E-state index contributed by atoms with van der Waals surface area (Å²) in [7, 11) is 0. The van der Waals surface area contributed by atoms with Crippen LogP contribution in [-0.4, -0.2) is 24.1 Å². The smallest absolute Gasteiger partial charge is 0.325 e. The number of amides is 2. The number of urea groups is 1. The van der Waals surface area contributed by atoms with Gasteiger partial charge in [0, 0.05) is 6.54 Å². The number of fused-ring (bicyclic) bond motifs is 3. The number of benzene rings is 3. The van der Waals surface area contributed by atoms with Gasteiger partial charge in [-0.2, -0.15) is 0 Å². The summed E-state index contributed by atoms with van der Waals surface area (Å²) in [5.41, 5.74) is 2.56. The van der Waals surface area contributed by atoms with Crippen LogP contribution in [0.3, 0.4) is 0 Å². The average molecular weight is 356 g/mol. The van der Waals surface area contributed by atoms with E-state index in [9.17, 15) is 4.79 Å². The van der Waals surface area contributed by atoms with Crippen LogP contribution in [0.1, 0.15) is 11.1 Å². The molecule has 1 unspecified atom stereocenters. The summed E-state index contributed by atoms with van der Waals surface area (Å²) in [6.07, 6.45) is 0. The SMILES string of the molecule is O=C1N(Cc2ccccc2)CC2(c3ccccc3)COc3ccccc3N12. The molecule has 134 valence electrons. The van der Waals surface area contributed by atoms with E-state index in [1.165, 1.54) is 0 Å². The fourth-order valence-electron chi connectivity index (χ4n) is 4.16. The molecule has 0 radical (unpaired) electrons. The molecule has 4 heteroatoms. The Kier molecular flexibility index (Phi) is 3.64. The lowest BCUT2D eigenvalue weighted by molar-refractivity contribution is 0.194. The molecule has 3 aromatic rings. The van der Waals surface area contributed by atoms with E-state index in [2.05, 4.69) is 24.3 Å². The van der Waals surface area contributed by atoms with E-state index in [0.717, 1.165) is 22.6 Å². The van der Waals surface area contributed by atoms with Crippen molar-refractivity contribution in [3.05, 3.63) is 96.1 Å². The van der Waals surface area contributed by atoms with Gasteiger partial charge in [-0.3, -0.25) is 4.90 Å². The minimum Gasteiger partial charge on any atom is -0.488 e. The molecule has 27 heavy (non-hydrogen) atoms. The summed E-state index contributed by atoms with van der Waals surface area (Å²) in [5, 5.41) is 0. The summed E-state index contributed by atoms with van der Waals surface area (Å²) < 4.78 is 6.12. The first-order valence-electron chi connectivity index (χ1n) is 9.18. The molecular weight excluding hydrogens is 336 g/mol. The second-order valence-corrected chi connectivity index (χ2v) is 7.11. The number of carbonyl (C=O) groups is 1. The van der Waals surface area contributed by atoms with Gasteiger partial charge in [0.2, 0.25) is 0 Å². The normalized spacial score (nSPS) is 20.8. The van der Waals surface area contributed by atoms with Crippen LogP contribution in [0.25, 0.3) is 0 Å². The monoisotopic (exact) mass is 356 g/mol. The minimum atomic E-state index is -0.512. The van der Waals surface area contributed by atoms with Crippen molar-refractivity contribution in [3.8, 4) is 5.75 Å². The van der Waals surface area contributed by atoms with Crippen LogP contribution in [0.5, 0.6) is 5.75 Å². The highest BCUT2D eigenvalue weighted by molar-refractivity contribution is 5.98. The summed E-state index contributed by atoms with van der Waals surface area (Å²) in [6, 6.07) is 28.2. The Balaban J connectivity index is 1.61. The molecule has 1 fully saturated rings. The van der Waals surface area contributed by atoms with E-state index in [1.807, 2.05) is 70.5 Å². The van der Waals surface area contributed by atoms with Crippen molar-refractivity contribution in [3.63, 3.8) is 0 Å². The molecule has 2 heterocycles. The molecular formula is C23H20N2O2. The average Bonchev–Trinajstić information content (AvgIpc) is 3.03. The molecule has 3 aromatic carbocycles. The van der Waals surface area contributed by atoms with Gasteiger partial charge in [0.25, 0.3) is 0 Å². The lowest BCUT2D eigenvalue weighted by atomic mass is 9.88. The lowest BCUT2D eigenvalue weighted by Crippen LogP contribution is -2.51. The van der Waals surface area contributed by atoms with Crippen LogP contribution in [0, 0.1) is 0 Å². The zero-order valence-electron chi connectivity index (χ0n) is 14.9. The second kappa shape index (κ2) is 6.16. The maximum absolute atomic E-state index is 13.5. The summed E-state index contributed by atoms with van der Waals surface area (Å²) in [5.74, 6) is 0.763. The summed E-state index contributed by atoms with van der Waals surface area (Å²) in [4.78, 5) is 17.3. The quantitative estimate of drug-likeness (QED) is 0.696. The van der Waals surface area contributed by atoms with Crippen molar-refractivity contribution < 1.29 is 9.53 Å². The standard InChI is InChI=1S/C23H20N2O2/c26-22-24(15-18-9-3-1-4-10-18)16-23(19-11-5-2-6-12-19)17-27-21-14-8-7-13-20(21)25(22)23/h1-14H,15-17H2. The molecule has 0 spiro atoms. The first kappa shape index (κ1) is 15.9. The van der Waals surface area contributed by atoms with Gasteiger partial charge < -0.3 is 9.64 Å². The number of hydrogen-bond acceptors (Lipinski definition) is 2. The molecule has 0 aliphatic carbocycles. The van der Waals surface area contributed by atoms with E-state index in [-0.39, 0.29) is 6.03 Å². The zero-order chi connectivity index (χ0) is 18.3. The van der Waals surface area contributed by atoms with Crippen LogP contribution in [0.4, 0.5) is 10.5 Å². The Bertz CT molecular complexity index is 974. The van der Waals surface area contributed by atoms with Crippen molar-refractivity contribution in [2.45, 2.75) is 12.1 Å². The first-order valence-corrected chi connectivity index (χ1v) is 9.18. The predicted molar refractivity (Wildman–Crippen MR) is 105 cm³/mol. The number of nitrogens with zero attached hydrogens (tertiary/aromatic N) is 2. The highest BCUT2D eigenvalue weighted by Crippen LogP contribution is 2.47. The largest absolute Gasteiger partial charge is 0.488 e. The van der Waals surface area contributed by atoms with Crippen LogP contribution < -0.4 is 9.64 Å². The topological polar surface area (TPSA) is 32.8 Å². The number of hydrogen-bond donors (Lipinski definition) is 0. The Hall–Kier alpha value is -3.27. The Morgan fingerprint density at radius 3 is 2.30 bits per heavy atom. The van der Waals surface area contributed by atoms with E-state index in [1.54, 1.807) is 0 Å². The zero-order valence-corrected chi connectivity index (χ0v) is 14.9. The molecule has 0 aromatic heterocycles. The third-order valence-electron chi connectivity index (χ3n) is 5.44. The molecule has 0 bridgehead atoms. The molecule has 0 saturated carbocycles. The number of rotatable bonds is 3. The number of anilines is 1. The van der Waals surface area contributed by atoms with E-state index >= 15 is 0 Å². The van der Waals surface area contributed by atoms with Gasteiger partial charge in [0.15, 0.2) is 0 Å². The van der Waals surface area contributed by atoms with Gasteiger partial charge in [-0.1, -0.05) is 72.8 Å². The van der Waals surface area contributed by atoms with Crippen molar-refractivity contribution >= 4 is 11.7 Å². The van der Waals surface area contributed by atoms with Gasteiger partial charge in [0.1, 0.15) is 17.9 Å². The Morgan fingerprint density at radius 1 is 0.852 bits per heavy atom. The van der Waals surface area contributed by atoms with Crippen LogP contribution >= 0.6 is 0 Å². The van der Waals surface area contributed by atoms with E-state index in [4.69, 9.17) is 4.74 Å². The Morgan fingerprint density at radius 2 is 1.52 bits per heavy atom. The maximum Gasteiger partial charge on any atom is 0.325 e. The molecule has 4 nitrogen and oxygen atoms in total. The molecule has 0 N–H and O–H groups in total. The predicted octanol–water partition coefficient (Wildman–Crippen LogP) is 4.42. The molecule has 2 amide bonds. The van der Waals surface area contributed by atoms with Crippen LogP contribution in [0.15, 0.2) is 84.9 Å². The number of carbonyl (C=O) groups excluding carboxylic acids is 1. The fourth-order valence-corrected chi connectivity index (χ4v) is 4.16. The van der Waals surface area contributed by atoms with Gasteiger partial charge in [-0.05, 0) is 23.3 Å². The molecule has 2 aliphatic heterocycles. The third kappa shape index (κ3) is 2.48. The van der Waals surface area contributed by atoms with Crippen molar-refractivity contribution in [1.82, 2.24) is 4.90 Å². The molecule has 1 saturated heterocycles. The molecule has 2 aliphatic rings. The van der Waals surface area contributed by atoms with Crippen molar-refractivity contribution in [2.24, 2.45) is 0 Å². The van der Waals surface area contributed by atoms with Crippen LogP contribution in [0.2, 0.25) is 0 Å². The van der Waals surface area contributed by atoms with Crippen molar-refractivity contribution in [2.75, 3.05) is 18.1 Å². The fraction of sp³-hybridized carbons (Fsp3) is 0.174. The lowest BCUT2D eigenvalue weighted by Gasteiger charge is -2.41. The summed E-state index contributed by atoms with van der Waals surface area (Å²) in [6.45, 7) is 1.64. The van der Waals surface area contributed by atoms with Gasteiger partial charge in [-0.25, -0.2) is 4.79 Å². The van der Waals surface area contributed by atoms with Gasteiger partial charge in [0.05, 0.1) is 12.2 Å². The van der Waals surface area contributed by atoms with Crippen molar-refractivity contribution in [1.29, 1.82) is 0 Å². The number of ether oxygens (including phenoxy) is 1. The van der Waals surface area contributed by atoms with E-state index in [0.29, 0.717) is 19.7 Å². The summed E-state index contributed by atoms with van der Waals surface area (Å²) >= 11 is 0. The maximum atomic E-state index is 13.5. The van der Waals surface area contributed by atoms with Crippen LogP contribution in [-0.2, 0) is 12.1 Å². The Labute approximate surface area is 158 Å². The van der Waals surface area contributed by atoms with E-state index < -0.39 is 5.54 Å². The molecule has 1 atom stereocenters. The first-order chi connectivity index (χ1) is 13.3. The molecule has 5 rings (SSSR count).